The molecule has 0 bridgehead atoms. The minimum Gasteiger partial charge on any atom is -0.494 e. The number of nitrogens with one attached hydrogen (secondary N) is 1. The number of carbonyl (C=O) groups is 3. The van der Waals surface area contributed by atoms with Crippen molar-refractivity contribution in [3.05, 3.63) is 53.1 Å². The van der Waals surface area contributed by atoms with Gasteiger partial charge in [-0.05, 0) is 43.3 Å². The number of amides is 3. The van der Waals surface area contributed by atoms with Gasteiger partial charge in [-0.15, -0.1) is 0 Å². The number of thiazole rings is 1. The van der Waals surface area contributed by atoms with E-state index in [-0.39, 0.29) is 11.5 Å². The molecule has 2 heterocycles. The second-order valence-electron chi connectivity index (χ2n) is 5.97. The molecular weight excluding hydrogens is 366 g/mol. The first-order valence-electron chi connectivity index (χ1n) is 8.29. The molecule has 0 radical (unpaired) electrons. The first-order chi connectivity index (χ1) is 13.0. The molecule has 1 N–H and O–H groups in total. The van der Waals surface area contributed by atoms with Crippen molar-refractivity contribution in [2.45, 2.75) is 6.92 Å². The first kappa shape index (κ1) is 17.2. The maximum atomic E-state index is 12.6. The Kier molecular flexibility index (Phi) is 4.12. The van der Waals surface area contributed by atoms with Gasteiger partial charge in [-0.2, -0.15) is 0 Å². The minimum absolute atomic E-state index is 0.237. The van der Waals surface area contributed by atoms with Crippen LogP contribution < -0.4 is 10.1 Å². The van der Waals surface area contributed by atoms with Crippen molar-refractivity contribution in [2.75, 3.05) is 19.0 Å². The van der Waals surface area contributed by atoms with E-state index in [9.17, 15) is 14.4 Å². The van der Waals surface area contributed by atoms with E-state index in [0.717, 1.165) is 20.9 Å². The van der Waals surface area contributed by atoms with E-state index in [0.29, 0.717) is 22.9 Å². The summed E-state index contributed by atoms with van der Waals surface area (Å²) in [5, 5.41) is 3.19. The predicted octanol–water partition coefficient (Wildman–Crippen LogP) is 3.17. The van der Waals surface area contributed by atoms with Crippen LogP contribution in [0.3, 0.4) is 0 Å². The molecule has 0 saturated heterocycles. The van der Waals surface area contributed by atoms with E-state index in [1.54, 1.807) is 0 Å². The third kappa shape index (κ3) is 2.93. The summed E-state index contributed by atoms with van der Waals surface area (Å²) in [6.07, 6.45) is 0. The molecular formula is C19H15N3O4S. The number of nitrogens with zero attached hydrogens (tertiary/aromatic N) is 2. The monoisotopic (exact) mass is 381 g/mol. The standard InChI is InChI=1S/C19H15N3O4S/c1-3-26-11-5-7-14-15(9-11)27-19(20-14)21-16(23)10-4-6-12-13(8-10)18(25)22(2)17(12)24/h4-9H,3H2,1-2H3,(H,20,21,23). The Morgan fingerprint density at radius 3 is 2.70 bits per heavy atom. The fourth-order valence-electron chi connectivity index (χ4n) is 2.89. The van der Waals surface area contributed by atoms with Gasteiger partial charge in [0, 0.05) is 12.6 Å². The smallest absolute Gasteiger partial charge is 0.261 e. The number of ether oxygens (including phenoxy) is 1. The molecule has 0 fully saturated rings. The Morgan fingerprint density at radius 1 is 1.15 bits per heavy atom. The highest BCUT2D eigenvalue weighted by Gasteiger charge is 2.33. The molecule has 3 amide bonds. The van der Waals surface area contributed by atoms with E-state index in [1.807, 2.05) is 25.1 Å². The summed E-state index contributed by atoms with van der Waals surface area (Å²) >= 11 is 1.33. The lowest BCUT2D eigenvalue weighted by molar-refractivity contribution is 0.0693. The molecule has 0 unspecified atom stereocenters. The molecule has 4 rings (SSSR count). The fourth-order valence-corrected chi connectivity index (χ4v) is 3.78. The van der Waals surface area contributed by atoms with Crippen LogP contribution in [0.25, 0.3) is 10.2 Å². The summed E-state index contributed by atoms with van der Waals surface area (Å²) in [7, 11) is 1.42. The molecule has 136 valence electrons. The molecule has 2 aromatic carbocycles. The number of anilines is 1. The van der Waals surface area contributed by atoms with Crippen molar-refractivity contribution in [3.8, 4) is 5.75 Å². The van der Waals surface area contributed by atoms with Crippen LogP contribution in [0.1, 0.15) is 38.0 Å². The number of fused-ring (bicyclic) bond motifs is 2. The molecule has 27 heavy (non-hydrogen) atoms. The van der Waals surface area contributed by atoms with Crippen molar-refractivity contribution in [1.82, 2.24) is 9.88 Å². The minimum atomic E-state index is -0.409. The number of hydrogen-bond acceptors (Lipinski definition) is 6. The average Bonchev–Trinajstić information content (AvgIpc) is 3.15. The summed E-state index contributed by atoms with van der Waals surface area (Å²) in [5.74, 6) is -0.416. The Balaban J connectivity index is 1.59. The summed E-state index contributed by atoms with van der Waals surface area (Å²) < 4.78 is 6.37. The highest BCUT2D eigenvalue weighted by atomic mass is 32.1. The maximum absolute atomic E-state index is 12.6. The van der Waals surface area contributed by atoms with Gasteiger partial charge in [-0.1, -0.05) is 11.3 Å². The Morgan fingerprint density at radius 2 is 1.93 bits per heavy atom. The van der Waals surface area contributed by atoms with Crippen molar-refractivity contribution in [3.63, 3.8) is 0 Å². The van der Waals surface area contributed by atoms with Crippen LogP contribution in [-0.2, 0) is 0 Å². The quantitative estimate of drug-likeness (QED) is 0.701. The Labute approximate surface area is 158 Å². The zero-order valence-corrected chi connectivity index (χ0v) is 15.4. The van der Waals surface area contributed by atoms with E-state index in [1.165, 1.54) is 36.6 Å². The number of carbonyl (C=O) groups excluding carboxylic acids is 3. The lowest BCUT2D eigenvalue weighted by atomic mass is 10.1. The number of imide groups is 1. The molecule has 7 nitrogen and oxygen atoms in total. The normalized spacial score (nSPS) is 13.2. The van der Waals surface area contributed by atoms with E-state index >= 15 is 0 Å². The zero-order chi connectivity index (χ0) is 19.1. The molecule has 0 aliphatic carbocycles. The van der Waals surface area contributed by atoms with Crippen LogP contribution >= 0.6 is 11.3 Å². The van der Waals surface area contributed by atoms with Crippen molar-refractivity contribution in [2.24, 2.45) is 0 Å². The summed E-state index contributed by atoms with van der Waals surface area (Å²) in [5.41, 5.74) is 1.60. The SMILES string of the molecule is CCOc1ccc2nc(NC(=O)c3ccc4c(c3)C(=O)N(C)C4=O)sc2c1. The number of aromatic nitrogens is 1. The van der Waals surface area contributed by atoms with E-state index in [2.05, 4.69) is 10.3 Å². The van der Waals surface area contributed by atoms with Crippen molar-refractivity contribution < 1.29 is 19.1 Å². The zero-order valence-electron chi connectivity index (χ0n) is 14.6. The third-order valence-electron chi connectivity index (χ3n) is 4.24. The van der Waals surface area contributed by atoms with Crippen molar-refractivity contribution in [1.29, 1.82) is 0 Å². The van der Waals surface area contributed by atoms with E-state index in [4.69, 9.17) is 4.74 Å². The molecule has 1 aromatic heterocycles. The molecule has 8 heteroatoms. The molecule has 1 aliphatic heterocycles. The van der Waals surface area contributed by atoms with Gasteiger partial charge in [-0.25, -0.2) is 4.98 Å². The van der Waals surface area contributed by atoms with Crippen LogP contribution in [-0.4, -0.2) is 41.3 Å². The Bertz CT molecular complexity index is 1110. The summed E-state index contributed by atoms with van der Waals surface area (Å²) in [6, 6.07) is 10.0. The van der Waals surface area contributed by atoms with Gasteiger partial charge in [0.2, 0.25) is 0 Å². The van der Waals surface area contributed by atoms with Crippen LogP contribution in [0.5, 0.6) is 5.75 Å². The topological polar surface area (TPSA) is 88.6 Å². The van der Waals surface area contributed by atoms with Gasteiger partial charge in [0.15, 0.2) is 5.13 Å². The largest absolute Gasteiger partial charge is 0.494 e. The summed E-state index contributed by atoms with van der Waals surface area (Å²) in [4.78, 5) is 42.0. The number of hydrogen-bond donors (Lipinski definition) is 1. The van der Waals surface area contributed by atoms with Gasteiger partial charge in [0.1, 0.15) is 5.75 Å². The van der Waals surface area contributed by atoms with Gasteiger partial charge in [-0.3, -0.25) is 24.6 Å². The number of benzene rings is 2. The molecule has 0 saturated carbocycles. The highest BCUT2D eigenvalue weighted by molar-refractivity contribution is 7.22. The molecule has 0 atom stereocenters. The van der Waals surface area contributed by atoms with Gasteiger partial charge >= 0.3 is 0 Å². The van der Waals surface area contributed by atoms with Gasteiger partial charge < -0.3 is 4.74 Å². The third-order valence-corrected chi connectivity index (χ3v) is 5.18. The van der Waals surface area contributed by atoms with Crippen LogP contribution in [0, 0.1) is 0 Å². The van der Waals surface area contributed by atoms with Crippen LogP contribution in [0.4, 0.5) is 5.13 Å². The predicted molar refractivity (Wildman–Crippen MR) is 102 cm³/mol. The van der Waals surface area contributed by atoms with Crippen LogP contribution in [0.15, 0.2) is 36.4 Å². The molecule has 3 aromatic rings. The second kappa shape index (κ2) is 6.48. The van der Waals surface area contributed by atoms with Crippen molar-refractivity contribution >= 4 is 44.4 Å². The molecule has 0 spiro atoms. The van der Waals surface area contributed by atoms with E-state index < -0.39 is 11.8 Å². The van der Waals surface area contributed by atoms with Gasteiger partial charge in [0.05, 0.1) is 28.0 Å². The maximum Gasteiger partial charge on any atom is 0.261 e. The first-order valence-corrected chi connectivity index (χ1v) is 9.10. The second-order valence-corrected chi connectivity index (χ2v) is 7.00. The Hall–Kier alpha value is -3.26. The highest BCUT2D eigenvalue weighted by Crippen LogP contribution is 2.30. The van der Waals surface area contributed by atoms with Gasteiger partial charge in [0.25, 0.3) is 17.7 Å². The van der Waals surface area contributed by atoms with Crippen LogP contribution in [0.2, 0.25) is 0 Å². The summed E-state index contributed by atoms with van der Waals surface area (Å²) in [6.45, 7) is 2.48. The lowest BCUT2D eigenvalue weighted by Gasteiger charge is -2.03. The molecule has 1 aliphatic rings. The number of rotatable bonds is 4. The fraction of sp³-hybridized carbons (Fsp3) is 0.158. The lowest BCUT2D eigenvalue weighted by Crippen LogP contribution is -2.24. The average molecular weight is 381 g/mol.